The van der Waals surface area contributed by atoms with Crippen LogP contribution in [0.25, 0.3) is 10.9 Å². The van der Waals surface area contributed by atoms with Gasteiger partial charge >= 0.3 is 0 Å². The van der Waals surface area contributed by atoms with Crippen molar-refractivity contribution in [3.8, 4) is 5.88 Å². The third-order valence-corrected chi connectivity index (χ3v) is 8.39. The van der Waals surface area contributed by atoms with E-state index in [1.807, 2.05) is 48.7 Å². The highest BCUT2D eigenvalue weighted by Crippen LogP contribution is 2.53. The van der Waals surface area contributed by atoms with Gasteiger partial charge < -0.3 is 5.11 Å². The average Bonchev–Trinajstić information content (AvgIpc) is 3.16. The van der Waals surface area contributed by atoms with Gasteiger partial charge in [-0.1, -0.05) is 48.8 Å². The lowest BCUT2D eigenvalue weighted by atomic mass is 9.65. The fourth-order valence-electron chi connectivity index (χ4n) is 6.59. The largest absolute Gasteiger partial charge is 0.493 e. The molecule has 2 fully saturated rings. The average molecular weight is 538 g/mol. The number of halogens is 1. The summed E-state index contributed by atoms with van der Waals surface area (Å²) in [5.41, 5.74) is 4.28. The molecule has 6 nitrogen and oxygen atoms in total. The number of benzene rings is 2. The fraction of sp³-hybridized carbons (Fsp3) is 0.464. The Hall–Kier alpha value is -2.51. The first-order valence-electron chi connectivity index (χ1n) is 12.2. The molecule has 1 aliphatic heterocycles. The molecule has 7 heteroatoms. The maximum Gasteiger partial charge on any atom is 0.295 e. The van der Waals surface area contributed by atoms with Crippen molar-refractivity contribution < 1.29 is 9.90 Å². The van der Waals surface area contributed by atoms with Crippen LogP contribution in [0.4, 0.5) is 5.69 Å². The SMILES string of the molecule is Cc1cccc(C(=O)N=Nc2c(O)n(CN3C[C@@]4(C)C[C@@H]3CC(C)(C)C4)c3ccc(Br)cc23)c1C. The Morgan fingerprint density at radius 1 is 1.17 bits per heavy atom. The number of rotatable bonds is 4. The molecule has 2 aromatic carbocycles. The Morgan fingerprint density at radius 3 is 2.71 bits per heavy atom. The Kier molecular flexibility index (Phi) is 5.92. The predicted octanol–water partition coefficient (Wildman–Crippen LogP) is 7.51. The zero-order chi connectivity index (χ0) is 25.1. The van der Waals surface area contributed by atoms with E-state index >= 15 is 0 Å². The predicted molar refractivity (Wildman–Crippen MR) is 142 cm³/mol. The van der Waals surface area contributed by atoms with E-state index < -0.39 is 5.91 Å². The third kappa shape index (κ3) is 4.45. The van der Waals surface area contributed by atoms with E-state index in [1.54, 1.807) is 6.07 Å². The van der Waals surface area contributed by atoms with Crippen LogP contribution in [0.3, 0.4) is 0 Å². The van der Waals surface area contributed by atoms with Gasteiger partial charge in [-0.15, -0.1) is 10.2 Å². The minimum absolute atomic E-state index is 0.0430. The maximum atomic E-state index is 12.8. The number of azo groups is 1. The van der Waals surface area contributed by atoms with Gasteiger partial charge in [-0.25, -0.2) is 0 Å². The summed E-state index contributed by atoms with van der Waals surface area (Å²) in [4.78, 5) is 15.3. The quantitative estimate of drug-likeness (QED) is 0.350. The smallest absolute Gasteiger partial charge is 0.295 e. The van der Waals surface area contributed by atoms with Gasteiger partial charge in [0.15, 0.2) is 5.69 Å². The van der Waals surface area contributed by atoms with E-state index in [9.17, 15) is 9.90 Å². The van der Waals surface area contributed by atoms with Gasteiger partial charge in [-0.05, 0) is 79.3 Å². The number of carbonyl (C=O) groups is 1. The van der Waals surface area contributed by atoms with Crippen LogP contribution in [0.5, 0.6) is 5.88 Å². The van der Waals surface area contributed by atoms with E-state index in [2.05, 4.69) is 51.8 Å². The lowest BCUT2D eigenvalue weighted by Gasteiger charge is -2.40. The molecule has 1 aromatic heterocycles. The van der Waals surface area contributed by atoms with E-state index in [-0.39, 0.29) is 5.88 Å². The number of likely N-dealkylation sites (tertiary alicyclic amines) is 1. The van der Waals surface area contributed by atoms with Gasteiger partial charge in [0, 0.05) is 28.0 Å². The van der Waals surface area contributed by atoms with Crippen LogP contribution in [0.2, 0.25) is 0 Å². The van der Waals surface area contributed by atoms with Crippen LogP contribution >= 0.6 is 15.9 Å². The minimum atomic E-state index is -0.412. The van der Waals surface area contributed by atoms with Crippen molar-refractivity contribution in [3.63, 3.8) is 0 Å². The van der Waals surface area contributed by atoms with Gasteiger partial charge in [0.1, 0.15) is 0 Å². The van der Waals surface area contributed by atoms with Crippen molar-refractivity contribution in [1.29, 1.82) is 0 Å². The number of amides is 1. The summed E-state index contributed by atoms with van der Waals surface area (Å²) in [5.74, 6) is -0.369. The summed E-state index contributed by atoms with van der Waals surface area (Å²) in [7, 11) is 0. The molecule has 2 aliphatic rings. The van der Waals surface area contributed by atoms with Crippen LogP contribution in [-0.2, 0) is 6.67 Å². The molecular weight excluding hydrogens is 504 g/mol. The lowest BCUT2D eigenvalue weighted by Crippen LogP contribution is -2.35. The number of hydrogen-bond donors (Lipinski definition) is 1. The maximum absolute atomic E-state index is 12.8. The highest BCUT2D eigenvalue weighted by molar-refractivity contribution is 9.10. The molecule has 3 aromatic rings. The van der Waals surface area contributed by atoms with Crippen LogP contribution in [0.1, 0.15) is 61.5 Å². The van der Waals surface area contributed by atoms with Gasteiger partial charge in [0.05, 0.1) is 12.2 Å². The van der Waals surface area contributed by atoms with Crippen LogP contribution < -0.4 is 0 Å². The molecule has 2 heterocycles. The Morgan fingerprint density at radius 2 is 1.94 bits per heavy atom. The molecule has 1 saturated heterocycles. The molecule has 2 bridgehead atoms. The number of carbonyl (C=O) groups excluding carboxylic acids is 1. The van der Waals surface area contributed by atoms with Crippen molar-refractivity contribution >= 4 is 38.4 Å². The molecule has 35 heavy (non-hydrogen) atoms. The third-order valence-electron chi connectivity index (χ3n) is 7.89. The molecular formula is C28H33BrN4O2. The summed E-state index contributed by atoms with van der Waals surface area (Å²) in [6.07, 6.45) is 3.57. The van der Waals surface area contributed by atoms with Crippen molar-refractivity contribution in [1.82, 2.24) is 9.47 Å². The second-order valence-electron chi connectivity index (χ2n) is 11.6. The normalized spacial score (nSPS) is 24.0. The van der Waals surface area contributed by atoms with Crippen molar-refractivity contribution in [2.75, 3.05) is 6.54 Å². The number of fused-ring (bicyclic) bond motifs is 3. The number of aromatic hydroxyl groups is 1. The Bertz CT molecular complexity index is 1360. The van der Waals surface area contributed by atoms with Gasteiger partial charge in [0.25, 0.3) is 5.91 Å². The minimum Gasteiger partial charge on any atom is -0.493 e. The van der Waals surface area contributed by atoms with Gasteiger partial charge in [-0.2, -0.15) is 0 Å². The highest BCUT2D eigenvalue weighted by atomic mass is 79.9. The topological polar surface area (TPSA) is 70.2 Å². The summed E-state index contributed by atoms with van der Waals surface area (Å²) in [6, 6.07) is 11.9. The number of hydrogen-bond acceptors (Lipinski definition) is 4. The van der Waals surface area contributed by atoms with Crippen LogP contribution in [0.15, 0.2) is 51.1 Å². The second kappa shape index (κ2) is 8.56. The highest BCUT2D eigenvalue weighted by Gasteiger charge is 2.49. The molecule has 5 rings (SSSR count). The first-order valence-corrected chi connectivity index (χ1v) is 13.0. The molecule has 2 atom stereocenters. The standard InChI is InChI=1S/C28H33BrN4O2/c1-17-7-6-8-21(18(17)2)25(34)31-30-24-22-11-19(29)9-10-23(22)33(26(24)35)16-32-15-28(5)13-20(32)12-27(3,4)14-28/h6-11,20,35H,12-16H2,1-5H3/t20-,28-/m0/s1. The van der Waals surface area contributed by atoms with E-state index in [0.717, 1.165) is 39.5 Å². The second-order valence-corrected chi connectivity index (χ2v) is 12.5. The molecule has 184 valence electrons. The van der Waals surface area contributed by atoms with Crippen molar-refractivity contribution in [2.24, 2.45) is 21.1 Å². The summed E-state index contributed by atoms with van der Waals surface area (Å²) in [6.45, 7) is 12.6. The number of aryl methyl sites for hydroxylation is 1. The molecule has 1 aliphatic carbocycles. The molecule has 0 spiro atoms. The molecule has 0 radical (unpaired) electrons. The molecule has 1 saturated carbocycles. The Balaban J connectivity index is 1.50. The van der Waals surface area contributed by atoms with Crippen LogP contribution in [-0.4, -0.2) is 33.1 Å². The zero-order valence-corrected chi connectivity index (χ0v) is 22.7. The Labute approximate surface area is 215 Å². The van der Waals surface area contributed by atoms with Gasteiger partial charge in [0.2, 0.25) is 5.88 Å². The monoisotopic (exact) mass is 536 g/mol. The van der Waals surface area contributed by atoms with E-state index in [1.165, 1.54) is 12.8 Å². The van der Waals surface area contributed by atoms with Crippen molar-refractivity contribution in [3.05, 3.63) is 57.6 Å². The summed E-state index contributed by atoms with van der Waals surface area (Å²) in [5, 5.41) is 20.4. The molecule has 1 amide bonds. The van der Waals surface area contributed by atoms with Crippen LogP contribution in [0, 0.1) is 24.7 Å². The fourth-order valence-corrected chi connectivity index (χ4v) is 6.95. The van der Waals surface area contributed by atoms with E-state index in [0.29, 0.717) is 34.8 Å². The first kappa shape index (κ1) is 24.2. The number of nitrogens with zero attached hydrogens (tertiary/aromatic N) is 4. The van der Waals surface area contributed by atoms with E-state index in [4.69, 9.17) is 0 Å². The lowest BCUT2D eigenvalue weighted by molar-refractivity contribution is 0.0994. The zero-order valence-electron chi connectivity index (χ0n) is 21.1. The first-order chi connectivity index (χ1) is 16.5. The number of aromatic nitrogens is 1. The summed E-state index contributed by atoms with van der Waals surface area (Å²) >= 11 is 3.54. The van der Waals surface area contributed by atoms with Gasteiger partial charge in [-0.3, -0.25) is 14.3 Å². The molecule has 0 unspecified atom stereocenters. The summed E-state index contributed by atoms with van der Waals surface area (Å²) < 4.78 is 2.79. The van der Waals surface area contributed by atoms with Crippen molar-refractivity contribution in [2.45, 2.75) is 66.6 Å². The molecule has 1 N–H and O–H groups in total.